The lowest BCUT2D eigenvalue weighted by molar-refractivity contribution is -0.114. The molecule has 0 radical (unpaired) electrons. The molecule has 2 heterocycles. The minimum absolute atomic E-state index is 0.00879. The first-order chi connectivity index (χ1) is 14.1. The Hall–Kier alpha value is -2.71. The summed E-state index contributed by atoms with van der Waals surface area (Å²) in [7, 11) is 0. The largest absolute Gasteiger partial charge is 0.489 e. The Morgan fingerprint density at radius 2 is 2.21 bits per heavy atom. The van der Waals surface area contributed by atoms with E-state index in [1.54, 1.807) is 23.1 Å². The molecule has 0 spiro atoms. The van der Waals surface area contributed by atoms with Crippen molar-refractivity contribution in [3.05, 3.63) is 59.7 Å². The van der Waals surface area contributed by atoms with Crippen molar-refractivity contribution in [2.75, 3.05) is 28.7 Å². The molecule has 29 heavy (non-hydrogen) atoms. The number of halogens is 3. The van der Waals surface area contributed by atoms with Crippen LogP contribution in [0, 0.1) is 5.82 Å². The molecular formula is C20H15BrClFN4O2. The van der Waals surface area contributed by atoms with Crippen molar-refractivity contribution in [2.24, 2.45) is 0 Å². The molecule has 0 unspecified atom stereocenters. The molecule has 1 amide bonds. The summed E-state index contributed by atoms with van der Waals surface area (Å²) in [6.07, 6.45) is 4.69. The minimum atomic E-state index is -0.498. The average molecular weight is 478 g/mol. The van der Waals surface area contributed by atoms with Crippen LogP contribution in [-0.4, -0.2) is 34.4 Å². The summed E-state index contributed by atoms with van der Waals surface area (Å²) < 4.78 is 19.2. The third-order valence-electron chi connectivity index (χ3n) is 4.38. The highest BCUT2D eigenvalue weighted by molar-refractivity contribution is 9.09. The van der Waals surface area contributed by atoms with Crippen LogP contribution in [0.15, 0.2) is 48.8 Å². The molecule has 0 saturated carbocycles. The second-order valence-electron chi connectivity index (χ2n) is 6.21. The number of nitrogens with zero attached hydrogens (tertiary/aromatic N) is 3. The fraction of sp³-hybridized carbons (Fsp3) is 0.150. The van der Waals surface area contributed by atoms with Crippen LogP contribution < -0.4 is 15.0 Å². The molecule has 1 N–H and O–H groups in total. The first-order valence-electron chi connectivity index (χ1n) is 8.74. The normalized spacial score (nSPS) is 13.4. The van der Waals surface area contributed by atoms with E-state index < -0.39 is 5.82 Å². The highest BCUT2D eigenvalue weighted by Crippen LogP contribution is 2.37. The van der Waals surface area contributed by atoms with Crippen molar-refractivity contribution in [2.45, 2.75) is 0 Å². The summed E-state index contributed by atoms with van der Waals surface area (Å²) in [6.45, 7) is 0.838. The van der Waals surface area contributed by atoms with Gasteiger partial charge in [-0.05, 0) is 24.3 Å². The van der Waals surface area contributed by atoms with Crippen molar-refractivity contribution in [1.82, 2.24) is 9.97 Å². The van der Waals surface area contributed by atoms with Gasteiger partial charge in [-0.2, -0.15) is 0 Å². The summed E-state index contributed by atoms with van der Waals surface area (Å²) >= 11 is 9.15. The monoisotopic (exact) mass is 476 g/mol. The zero-order valence-electron chi connectivity index (χ0n) is 15.0. The van der Waals surface area contributed by atoms with Gasteiger partial charge in [-0.3, -0.25) is 4.79 Å². The highest BCUT2D eigenvalue weighted by atomic mass is 79.9. The molecule has 0 bridgehead atoms. The Bertz CT molecular complexity index is 1130. The Morgan fingerprint density at radius 3 is 3.00 bits per heavy atom. The Balaban J connectivity index is 1.77. The molecule has 3 aromatic rings. The van der Waals surface area contributed by atoms with Crippen LogP contribution in [-0.2, 0) is 4.79 Å². The topological polar surface area (TPSA) is 67.4 Å². The number of allylic oxidation sites excluding steroid dienone is 1. The summed E-state index contributed by atoms with van der Waals surface area (Å²) in [4.78, 5) is 22.8. The minimum Gasteiger partial charge on any atom is -0.489 e. The number of hydrogen-bond donors (Lipinski definition) is 1. The highest BCUT2D eigenvalue weighted by Gasteiger charge is 2.24. The number of carbonyl (C=O) groups excluding carboxylic acids is 1. The number of alkyl halides is 1. The number of benzene rings is 2. The van der Waals surface area contributed by atoms with Gasteiger partial charge in [-0.15, -0.1) is 0 Å². The molecule has 9 heteroatoms. The summed E-state index contributed by atoms with van der Waals surface area (Å²) in [6, 6.07) is 7.92. The van der Waals surface area contributed by atoms with Gasteiger partial charge >= 0.3 is 0 Å². The molecule has 4 rings (SSSR count). The number of anilines is 3. The Labute approximate surface area is 179 Å². The van der Waals surface area contributed by atoms with Crippen molar-refractivity contribution in [1.29, 1.82) is 0 Å². The molecule has 148 valence electrons. The lowest BCUT2D eigenvalue weighted by Crippen LogP contribution is -2.36. The number of rotatable bonds is 4. The Kier molecular flexibility index (Phi) is 5.64. The molecule has 1 aliphatic heterocycles. The molecule has 0 fully saturated rings. The number of hydrogen-bond acceptors (Lipinski definition) is 5. The predicted octanol–water partition coefficient (Wildman–Crippen LogP) is 4.84. The van der Waals surface area contributed by atoms with Gasteiger partial charge in [0, 0.05) is 28.5 Å². The first-order valence-corrected chi connectivity index (χ1v) is 10.2. The predicted molar refractivity (Wildman–Crippen MR) is 115 cm³/mol. The molecule has 0 saturated heterocycles. The van der Waals surface area contributed by atoms with Crippen LogP contribution in [0.1, 0.15) is 0 Å². The Morgan fingerprint density at radius 1 is 1.34 bits per heavy atom. The van der Waals surface area contributed by atoms with Crippen LogP contribution in [0.2, 0.25) is 5.02 Å². The van der Waals surface area contributed by atoms with E-state index in [2.05, 4.69) is 31.2 Å². The van der Waals surface area contributed by atoms with Crippen molar-refractivity contribution < 1.29 is 13.9 Å². The molecule has 2 aromatic carbocycles. The number of aromatic nitrogens is 2. The fourth-order valence-electron chi connectivity index (χ4n) is 3.04. The van der Waals surface area contributed by atoms with Crippen molar-refractivity contribution in [3.8, 4) is 5.75 Å². The summed E-state index contributed by atoms with van der Waals surface area (Å²) in [5, 5.41) is 4.43. The van der Waals surface area contributed by atoms with Gasteiger partial charge in [0.2, 0.25) is 0 Å². The third-order valence-corrected chi connectivity index (χ3v) is 5.04. The average Bonchev–Trinajstić information content (AvgIpc) is 2.73. The lowest BCUT2D eigenvalue weighted by atomic mass is 10.1. The second-order valence-corrected chi connectivity index (χ2v) is 7.26. The molecule has 0 aliphatic carbocycles. The SMILES string of the molecule is O=C(/C=C/CBr)N1CCOc2cc3ncnc(Nc4ccc(F)c(Cl)c4)c3cc21. The van der Waals surface area contributed by atoms with E-state index in [0.29, 0.717) is 52.3 Å². The fourth-order valence-corrected chi connectivity index (χ4v) is 3.41. The van der Waals surface area contributed by atoms with E-state index in [0.717, 1.165) is 0 Å². The molecule has 6 nitrogen and oxygen atoms in total. The van der Waals surface area contributed by atoms with Crippen molar-refractivity contribution in [3.63, 3.8) is 0 Å². The van der Waals surface area contributed by atoms with Gasteiger partial charge in [0.05, 0.1) is 22.8 Å². The molecule has 1 aliphatic rings. The van der Waals surface area contributed by atoms with Crippen LogP contribution >= 0.6 is 27.5 Å². The maximum atomic E-state index is 13.4. The van der Waals surface area contributed by atoms with Crippen LogP contribution in [0.25, 0.3) is 10.9 Å². The number of ether oxygens (including phenoxy) is 1. The van der Waals surface area contributed by atoms with Crippen molar-refractivity contribution >= 4 is 61.5 Å². The standard InChI is InChI=1S/C20H15BrClFN4O2/c21-5-1-2-19(28)27-6-7-29-18-10-16-13(9-17(18)27)20(25-11-24-16)26-12-3-4-15(23)14(22)8-12/h1-4,8-11H,5-7H2,(H,24,25,26)/b2-1+. The van der Waals surface area contributed by atoms with Gasteiger partial charge in [0.15, 0.2) is 0 Å². The molecular weight excluding hydrogens is 463 g/mol. The maximum absolute atomic E-state index is 13.4. The van der Waals surface area contributed by atoms with Gasteiger partial charge in [0.1, 0.15) is 30.3 Å². The number of amides is 1. The van der Waals surface area contributed by atoms with Crippen LogP contribution in [0.4, 0.5) is 21.6 Å². The van der Waals surface area contributed by atoms with Crippen LogP contribution in [0.5, 0.6) is 5.75 Å². The second kappa shape index (κ2) is 8.34. The van der Waals surface area contributed by atoms with Crippen LogP contribution in [0.3, 0.4) is 0 Å². The van der Waals surface area contributed by atoms with E-state index in [1.165, 1.54) is 24.5 Å². The number of fused-ring (bicyclic) bond motifs is 2. The quantitative estimate of drug-likeness (QED) is 0.430. The van der Waals surface area contributed by atoms with E-state index in [4.69, 9.17) is 16.3 Å². The molecule has 0 atom stereocenters. The van der Waals surface area contributed by atoms with Gasteiger partial charge < -0.3 is 15.0 Å². The molecule has 1 aromatic heterocycles. The van der Waals surface area contributed by atoms with E-state index in [9.17, 15) is 9.18 Å². The maximum Gasteiger partial charge on any atom is 0.250 e. The smallest absolute Gasteiger partial charge is 0.250 e. The first kappa shape index (κ1) is 19.6. The van der Waals surface area contributed by atoms with Gasteiger partial charge in [-0.1, -0.05) is 33.6 Å². The summed E-state index contributed by atoms with van der Waals surface area (Å²) in [5.41, 5.74) is 1.88. The van der Waals surface area contributed by atoms with E-state index in [1.807, 2.05) is 6.07 Å². The zero-order valence-corrected chi connectivity index (χ0v) is 17.4. The number of carbonyl (C=O) groups is 1. The van der Waals surface area contributed by atoms with E-state index >= 15 is 0 Å². The summed E-state index contributed by atoms with van der Waals surface area (Å²) in [5.74, 6) is 0.458. The van der Waals surface area contributed by atoms with Gasteiger partial charge in [0.25, 0.3) is 5.91 Å². The zero-order chi connectivity index (χ0) is 20.4. The van der Waals surface area contributed by atoms with E-state index in [-0.39, 0.29) is 10.9 Å². The lowest BCUT2D eigenvalue weighted by Gasteiger charge is -2.29. The number of nitrogens with one attached hydrogen (secondary N) is 1. The van der Waals surface area contributed by atoms with Gasteiger partial charge in [-0.25, -0.2) is 14.4 Å². The third kappa shape index (κ3) is 4.04.